The second-order valence-corrected chi connectivity index (χ2v) is 7.63. The van der Waals surface area contributed by atoms with Crippen molar-refractivity contribution in [3.63, 3.8) is 0 Å². The summed E-state index contributed by atoms with van der Waals surface area (Å²) in [4.78, 5) is 3.33. The van der Waals surface area contributed by atoms with E-state index in [2.05, 4.69) is 15.1 Å². The average molecular weight is 349 g/mol. The van der Waals surface area contributed by atoms with E-state index in [-0.39, 0.29) is 17.6 Å². The Morgan fingerprint density at radius 3 is 2.92 bits per heavy atom. The van der Waals surface area contributed by atoms with Gasteiger partial charge in [-0.05, 0) is 44.3 Å². The van der Waals surface area contributed by atoms with Gasteiger partial charge in [0, 0.05) is 18.4 Å². The van der Waals surface area contributed by atoms with Crippen molar-refractivity contribution in [1.29, 1.82) is 0 Å². The number of ether oxygens (including phenoxy) is 1. The molecular weight excluding hydrogens is 326 g/mol. The number of nitrogens with zero attached hydrogens (tertiary/aromatic N) is 3. The minimum absolute atomic E-state index is 0.0382. The normalized spacial score (nSPS) is 26.6. The van der Waals surface area contributed by atoms with Crippen molar-refractivity contribution < 1.29 is 14.3 Å². The lowest BCUT2D eigenvalue weighted by molar-refractivity contribution is -0.210. The van der Waals surface area contributed by atoms with Crippen LogP contribution in [0.5, 0.6) is 0 Å². The summed E-state index contributed by atoms with van der Waals surface area (Å²) in [6.45, 7) is 5.27. The second-order valence-electron chi connectivity index (χ2n) is 6.68. The fraction of sp³-hybridized carbons (Fsp3) is 0.647. The lowest BCUT2D eigenvalue weighted by atomic mass is 9.58. The summed E-state index contributed by atoms with van der Waals surface area (Å²) in [7, 11) is 0. The van der Waals surface area contributed by atoms with Crippen LogP contribution < -0.4 is 0 Å². The summed E-state index contributed by atoms with van der Waals surface area (Å²) in [6.07, 6.45) is 2.70. The quantitative estimate of drug-likeness (QED) is 0.894. The van der Waals surface area contributed by atoms with Gasteiger partial charge in [-0.25, -0.2) is 0 Å². The molecule has 2 aromatic heterocycles. The number of aromatic nitrogens is 2. The highest BCUT2D eigenvalue weighted by molar-refractivity contribution is 7.13. The first-order valence-electron chi connectivity index (χ1n) is 8.59. The van der Waals surface area contributed by atoms with Gasteiger partial charge in [-0.2, -0.15) is 0 Å². The maximum Gasteiger partial charge on any atom is 0.257 e. The Labute approximate surface area is 145 Å². The van der Waals surface area contributed by atoms with E-state index in [0.717, 1.165) is 43.8 Å². The van der Waals surface area contributed by atoms with Gasteiger partial charge >= 0.3 is 0 Å². The second kappa shape index (κ2) is 6.55. The molecule has 1 aliphatic carbocycles. The molecule has 2 aliphatic rings. The van der Waals surface area contributed by atoms with Crippen LogP contribution in [0.3, 0.4) is 0 Å². The van der Waals surface area contributed by atoms with Crippen LogP contribution >= 0.6 is 11.3 Å². The molecule has 1 spiro atoms. The molecule has 1 aliphatic heterocycles. The van der Waals surface area contributed by atoms with Crippen LogP contribution in [0.2, 0.25) is 0 Å². The van der Waals surface area contributed by atoms with Crippen LogP contribution in [0.25, 0.3) is 10.8 Å². The number of rotatable bonds is 5. The number of thiophene rings is 1. The number of piperidine rings is 1. The SMILES string of the molecule is CCO[C@H]1C[C@H](O)C12CCN(Cc1nnc(-c3cccs3)o1)CC2. The standard InChI is InChI=1S/C17H23N3O3S/c1-2-22-14-10-13(21)17(14)5-7-20(8-6-17)11-15-18-19-16(23-15)12-4-3-9-24-12/h3-4,9,13-14,21H,2,5-8,10-11H2,1H3/t13-,14-/m0/s1. The molecule has 0 radical (unpaired) electrons. The average Bonchev–Trinajstić information content (AvgIpc) is 3.27. The van der Waals surface area contributed by atoms with E-state index in [9.17, 15) is 5.11 Å². The number of aliphatic hydroxyl groups is 1. The van der Waals surface area contributed by atoms with Crippen LogP contribution in [0.15, 0.2) is 21.9 Å². The fourth-order valence-electron chi connectivity index (χ4n) is 3.95. The van der Waals surface area contributed by atoms with Gasteiger partial charge in [0.25, 0.3) is 5.89 Å². The highest BCUT2D eigenvalue weighted by Gasteiger charge is 2.55. The Hall–Kier alpha value is -1.28. The fourth-order valence-corrected chi connectivity index (χ4v) is 4.60. The van der Waals surface area contributed by atoms with Crippen molar-refractivity contribution in [2.24, 2.45) is 5.41 Å². The van der Waals surface area contributed by atoms with Crippen LogP contribution in [0, 0.1) is 5.41 Å². The third-order valence-electron chi connectivity index (χ3n) is 5.45. The molecule has 2 aromatic rings. The van der Waals surface area contributed by atoms with Gasteiger partial charge in [0.2, 0.25) is 5.89 Å². The molecule has 3 heterocycles. The zero-order valence-corrected chi connectivity index (χ0v) is 14.7. The topological polar surface area (TPSA) is 71.6 Å². The van der Waals surface area contributed by atoms with Crippen molar-refractivity contribution >= 4 is 11.3 Å². The van der Waals surface area contributed by atoms with Gasteiger partial charge in [0.05, 0.1) is 23.6 Å². The van der Waals surface area contributed by atoms with Crippen LogP contribution in [0.1, 0.15) is 32.1 Å². The van der Waals surface area contributed by atoms with Gasteiger partial charge < -0.3 is 14.3 Å². The molecule has 130 valence electrons. The van der Waals surface area contributed by atoms with E-state index in [1.165, 1.54) is 0 Å². The van der Waals surface area contributed by atoms with Crippen LogP contribution in [-0.4, -0.2) is 52.1 Å². The van der Waals surface area contributed by atoms with Crippen molar-refractivity contribution in [3.8, 4) is 10.8 Å². The molecule has 1 N–H and O–H groups in total. The molecule has 4 rings (SSSR count). The highest BCUT2D eigenvalue weighted by atomic mass is 32.1. The summed E-state index contributed by atoms with van der Waals surface area (Å²) in [5.41, 5.74) is -0.0382. The molecule has 0 unspecified atom stereocenters. The third-order valence-corrected chi connectivity index (χ3v) is 6.31. The summed E-state index contributed by atoms with van der Waals surface area (Å²) >= 11 is 1.60. The van der Waals surface area contributed by atoms with Crippen LogP contribution in [0.4, 0.5) is 0 Å². The van der Waals surface area contributed by atoms with E-state index < -0.39 is 0 Å². The van der Waals surface area contributed by atoms with Gasteiger partial charge in [0.1, 0.15) is 0 Å². The monoisotopic (exact) mass is 349 g/mol. The molecule has 2 fully saturated rings. The predicted molar refractivity (Wildman–Crippen MR) is 90.6 cm³/mol. The zero-order valence-electron chi connectivity index (χ0n) is 13.9. The maximum atomic E-state index is 10.3. The minimum Gasteiger partial charge on any atom is -0.419 e. The van der Waals surface area contributed by atoms with Crippen LogP contribution in [-0.2, 0) is 11.3 Å². The number of likely N-dealkylation sites (tertiary alicyclic amines) is 1. The highest BCUT2D eigenvalue weighted by Crippen LogP contribution is 2.51. The molecule has 24 heavy (non-hydrogen) atoms. The predicted octanol–water partition coefficient (Wildman–Crippen LogP) is 2.55. The molecule has 6 nitrogen and oxygen atoms in total. The van der Waals surface area contributed by atoms with Gasteiger partial charge in [-0.3, -0.25) is 4.90 Å². The van der Waals surface area contributed by atoms with Crippen molar-refractivity contribution in [2.45, 2.75) is 44.9 Å². The summed E-state index contributed by atoms with van der Waals surface area (Å²) in [5, 5.41) is 20.6. The molecule has 2 atom stereocenters. The number of hydrogen-bond donors (Lipinski definition) is 1. The molecule has 1 saturated carbocycles. The van der Waals surface area contributed by atoms with E-state index in [4.69, 9.17) is 9.15 Å². The molecular formula is C17H23N3O3S. The summed E-state index contributed by atoms with van der Waals surface area (Å²) < 4.78 is 11.6. The molecule has 0 aromatic carbocycles. The molecule has 0 amide bonds. The number of hydrogen-bond acceptors (Lipinski definition) is 7. The summed E-state index contributed by atoms with van der Waals surface area (Å²) in [5.74, 6) is 1.25. The van der Waals surface area contributed by atoms with Gasteiger partial charge in [-0.1, -0.05) is 6.07 Å². The Bertz CT molecular complexity index is 662. The zero-order chi connectivity index (χ0) is 16.6. The van der Waals surface area contributed by atoms with Gasteiger partial charge in [0.15, 0.2) is 0 Å². The van der Waals surface area contributed by atoms with E-state index in [1.807, 2.05) is 24.4 Å². The first-order chi connectivity index (χ1) is 11.7. The Kier molecular flexibility index (Phi) is 4.42. The van der Waals surface area contributed by atoms with Crippen molar-refractivity contribution in [1.82, 2.24) is 15.1 Å². The minimum atomic E-state index is -0.218. The Balaban J connectivity index is 1.35. The maximum absolute atomic E-state index is 10.3. The smallest absolute Gasteiger partial charge is 0.257 e. The largest absolute Gasteiger partial charge is 0.419 e. The molecule has 7 heteroatoms. The molecule has 1 saturated heterocycles. The van der Waals surface area contributed by atoms with E-state index >= 15 is 0 Å². The van der Waals surface area contributed by atoms with Crippen molar-refractivity contribution in [3.05, 3.63) is 23.4 Å². The molecule has 0 bridgehead atoms. The van der Waals surface area contributed by atoms with Crippen molar-refractivity contribution in [2.75, 3.05) is 19.7 Å². The lowest BCUT2D eigenvalue weighted by Crippen LogP contribution is -2.62. The lowest BCUT2D eigenvalue weighted by Gasteiger charge is -2.56. The summed E-state index contributed by atoms with van der Waals surface area (Å²) in [6, 6.07) is 3.96. The Morgan fingerprint density at radius 2 is 2.25 bits per heavy atom. The Morgan fingerprint density at radius 1 is 1.42 bits per heavy atom. The third kappa shape index (κ3) is 2.79. The van der Waals surface area contributed by atoms with E-state index in [0.29, 0.717) is 18.3 Å². The first-order valence-corrected chi connectivity index (χ1v) is 9.47. The first kappa shape index (κ1) is 16.2. The number of aliphatic hydroxyl groups excluding tert-OH is 1. The van der Waals surface area contributed by atoms with E-state index in [1.54, 1.807) is 11.3 Å². The van der Waals surface area contributed by atoms with Gasteiger partial charge in [-0.15, -0.1) is 21.5 Å².